The molecule has 0 rings (SSSR count). The smallest absolute Gasteiger partial charge is 0.156 e. The third kappa shape index (κ3) is 4.77. The molecule has 1 N–H and O–H groups in total. The van der Waals surface area contributed by atoms with Crippen LogP contribution >= 0.6 is 0 Å². The zero-order chi connectivity index (χ0) is 9.72. The molecule has 0 aromatic rings. The Balaban J connectivity index is 4.33. The average molecular weight is 170 g/mol. The molecule has 0 spiro atoms. The Morgan fingerprint density at radius 3 is 2.17 bits per heavy atom. The summed E-state index contributed by atoms with van der Waals surface area (Å²) in [6.45, 7) is 5.63. The summed E-state index contributed by atoms with van der Waals surface area (Å²) in [4.78, 5) is 12.7. The molecular formula is C9H18N2O. The third-order valence-corrected chi connectivity index (χ3v) is 1.26. The first-order valence-corrected chi connectivity index (χ1v) is 4.09. The summed E-state index contributed by atoms with van der Waals surface area (Å²) in [5, 5.41) is 3.18. The van der Waals surface area contributed by atoms with Crippen LogP contribution in [0.1, 0.15) is 20.8 Å². The lowest BCUT2D eigenvalue weighted by Crippen LogP contribution is -2.31. The fourth-order valence-electron chi connectivity index (χ4n) is 0.788. The highest BCUT2D eigenvalue weighted by Gasteiger charge is 2.01. The quantitative estimate of drug-likeness (QED) is 0.638. The number of allylic oxidation sites excluding steroid dienone is 1. The number of ketones is 1. The third-order valence-electron chi connectivity index (χ3n) is 1.26. The molecule has 0 heterocycles. The maximum absolute atomic E-state index is 10.8. The summed E-state index contributed by atoms with van der Waals surface area (Å²) in [5.74, 6) is 0.921. The van der Waals surface area contributed by atoms with E-state index >= 15 is 0 Å². The molecule has 70 valence electrons. The maximum Gasteiger partial charge on any atom is 0.156 e. The molecule has 0 atom stereocenters. The van der Waals surface area contributed by atoms with E-state index < -0.39 is 0 Å². The molecule has 3 nitrogen and oxygen atoms in total. The van der Waals surface area contributed by atoms with Gasteiger partial charge in [-0.05, 0) is 20.8 Å². The maximum atomic E-state index is 10.8. The number of nitrogens with zero attached hydrogens (tertiary/aromatic N) is 1. The first-order chi connectivity index (χ1) is 5.43. The Morgan fingerprint density at radius 2 is 1.92 bits per heavy atom. The molecule has 0 radical (unpaired) electrons. The van der Waals surface area contributed by atoms with Gasteiger partial charge in [-0.3, -0.25) is 4.79 Å². The van der Waals surface area contributed by atoms with Crippen molar-refractivity contribution in [1.29, 1.82) is 0 Å². The largest absolute Gasteiger partial charge is 0.369 e. The summed E-state index contributed by atoms with van der Waals surface area (Å²) in [7, 11) is 3.81. The van der Waals surface area contributed by atoms with Gasteiger partial charge in [-0.1, -0.05) is 0 Å². The molecule has 0 unspecified atom stereocenters. The van der Waals surface area contributed by atoms with E-state index in [1.807, 2.05) is 32.8 Å². The van der Waals surface area contributed by atoms with E-state index in [1.54, 1.807) is 13.0 Å². The molecule has 0 amide bonds. The minimum Gasteiger partial charge on any atom is -0.369 e. The van der Waals surface area contributed by atoms with Gasteiger partial charge in [-0.2, -0.15) is 0 Å². The van der Waals surface area contributed by atoms with E-state index in [0.717, 1.165) is 5.82 Å². The normalized spacial score (nSPS) is 11.7. The summed E-state index contributed by atoms with van der Waals surface area (Å²) < 4.78 is 0. The fourth-order valence-corrected chi connectivity index (χ4v) is 0.788. The molecule has 12 heavy (non-hydrogen) atoms. The average Bonchev–Trinajstić information content (AvgIpc) is 1.83. The van der Waals surface area contributed by atoms with Gasteiger partial charge < -0.3 is 10.2 Å². The van der Waals surface area contributed by atoms with E-state index in [4.69, 9.17) is 0 Å². The van der Waals surface area contributed by atoms with Crippen LogP contribution in [0.25, 0.3) is 0 Å². The van der Waals surface area contributed by atoms with Gasteiger partial charge in [0.1, 0.15) is 5.82 Å². The van der Waals surface area contributed by atoms with Crippen molar-refractivity contribution in [3.63, 3.8) is 0 Å². The van der Waals surface area contributed by atoms with Crippen molar-refractivity contribution < 1.29 is 4.79 Å². The summed E-state index contributed by atoms with van der Waals surface area (Å²) in [5.41, 5.74) is 0. The second kappa shape index (κ2) is 4.80. The molecule has 0 aliphatic heterocycles. The summed E-state index contributed by atoms with van der Waals surface area (Å²) in [6.07, 6.45) is 1.60. The van der Waals surface area contributed by atoms with Crippen molar-refractivity contribution in [2.45, 2.75) is 26.8 Å². The van der Waals surface area contributed by atoms with E-state index in [0.29, 0.717) is 6.04 Å². The number of carbonyl (C=O) groups is 1. The lowest BCUT2D eigenvalue weighted by molar-refractivity contribution is -0.112. The first-order valence-electron chi connectivity index (χ1n) is 4.09. The zero-order valence-electron chi connectivity index (χ0n) is 8.51. The van der Waals surface area contributed by atoms with Gasteiger partial charge >= 0.3 is 0 Å². The second-order valence-corrected chi connectivity index (χ2v) is 3.33. The van der Waals surface area contributed by atoms with Gasteiger partial charge in [0.15, 0.2) is 5.78 Å². The number of rotatable bonds is 4. The Kier molecular flexibility index (Phi) is 4.40. The van der Waals surface area contributed by atoms with Crippen LogP contribution in [0, 0.1) is 0 Å². The van der Waals surface area contributed by atoms with Crippen LogP contribution in [-0.2, 0) is 4.79 Å². The summed E-state index contributed by atoms with van der Waals surface area (Å²) in [6, 6.07) is 0.345. The topological polar surface area (TPSA) is 32.3 Å². The predicted octanol–water partition coefficient (Wildman–Crippen LogP) is 0.976. The number of carbonyl (C=O) groups excluding carboxylic acids is 1. The van der Waals surface area contributed by atoms with Crippen LogP contribution in [0.15, 0.2) is 11.9 Å². The molecule has 3 heteroatoms. The standard InChI is InChI=1S/C9H18N2O/c1-7(2)10-9(11(4)5)6-8(3)12/h6-7,10H,1-5H3/b9-6+. The van der Waals surface area contributed by atoms with Gasteiger partial charge in [0.05, 0.1) is 0 Å². The van der Waals surface area contributed by atoms with Crippen LogP contribution in [0.3, 0.4) is 0 Å². The van der Waals surface area contributed by atoms with E-state index in [2.05, 4.69) is 5.32 Å². The lowest BCUT2D eigenvalue weighted by Gasteiger charge is -2.20. The highest BCUT2D eigenvalue weighted by Crippen LogP contribution is 1.95. The lowest BCUT2D eigenvalue weighted by atomic mass is 10.3. The minimum atomic E-state index is 0.0619. The van der Waals surface area contributed by atoms with Crippen LogP contribution in [0.2, 0.25) is 0 Å². The molecule has 0 bridgehead atoms. The SMILES string of the molecule is CC(=O)/C=C(\NC(C)C)N(C)C. The van der Waals surface area contributed by atoms with Crippen molar-refractivity contribution in [3.8, 4) is 0 Å². The summed E-state index contributed by atoms with van der Waals surface area (Å²) >= 11 is 0. The molecule has 0 aromatic heterocycles. The van der Waals surface area contributed by atoms with Crippen molar-refractivity contribution in [3.05, 3.63) is 11.9 Å². The Bertz CT molecular complexity index is 183. The van der Waals surface area contributed by atoms with Crippen molar-refractivity contribution in [2.75, 3.05) is 14.1 Å². The first kappa shape index (κ1) is 11.0. The van der Waals surface area contributed by atoms with Crippen LogP contribution in [0.5, 0.6) is 0 Å². The Morgan fingerprint density at radius 1 is 1.42 bits per heavy atom. The van der Waals surface area contributed by atoms with Crippen molar-refractivity contribution in [2.24, 2.45) is 0 Å². The van der Waals surface area contributed by atoms with Crippen LogP contribution in [-0.4, -0.2) is 30.8 Å². The van der Waals surface area contributed by atoms with E-state index in [-0.39, 0.29) is 5.78 Å². The molecule has 0 saturated carbocycles. The predicted molar refractivity (Wildman–Crippen MR) is 50.7 cm³/mol. The molecule has 0 aromatic carbocycles. The molecule has 0 saturated heterocycles. The van der Waals surface area contributed by atoms with Crippen molar-refractivity contribution in [1.82, 2.24) is 10.2 Å². The van der Waals surface area contributed by atoms with Crippen LogP contribution < -0.4 is 5.32 Å². The Hall–Kier alpha value is -0.990. The fraction of sp³-hybridized carbons (Fsp3) is 0.667. The number of hydrogen-bond donors (Lipinski definition) is 1. The van der Waals surface area contributed by atoms with Crippen molar-refractivity contribution >= 4 is 5.78 Å². The van der Waals surface area contributed by atoms with Gasteiger partial charge in [0, 0.05) is 26.2 Å². The number of nitrogens with one attached hydrogen (secondary N) is 1. The highest BCUT2D eigenvalue weighted by molar-refractivity contribution is 5.87. The van der Waals surface area contributed by atoms with Gasteiger partial charge in [-0.25, -0.2) is 0 Å². The number of hydrogen-bond acceptors (Lipinski definition) is 3. The molecule has 0 aliphatic carbocycles. The Labute approximate surface area is 74.4 Å². The zero-order valence-corrected chi connectivity index (χ0v) is 8.51. The van der Waals surface area contributed by atoms with E-state index in [9.17, 15) is 4.79 Å². The highest BCUT2D eigenvalue weighted by atomic mass is 16.1. The van der Waals surface area contributed by atoms with Gasteiger partial charge in [0.2, 0.25) is 0 Å². The monoisotopic (exact) mass is 170 g/mol. The molecule has 0 fully saturated rings. The molecule has 0 aliphatic rings. The minimum absolute atomic E-state index is 0.0619. The molecular weight excluding hydrogens is 152 g/mol. The van der Waals surface area contributed by atoms with Gasteiger partial charge in [0.25, 0.3) is 0 Å². The van der Waals surface area contributed by atoms with Crippen LogP contribution in [0.4, 0.5) is 0 Å². The second-order valence-electron chi connectivity index (χ2n) is 3.33. The van der Waals surface area contributed by atoms with E-state index in [1.165, 1.54) is 0 Å². The van der Waals surface area contributed by atoms with Gasteiger partial charge in [-0.15, -0.1) is 0 Å².